The van der Waals surface area contributed by atoms with Gasteiger partial charge in [-0.25, -0.2) is 13.2 Å². The third-order valence-corrected chi connectivity index (χ3v) is 5.73. The molecule has 0 bridgehead atoms. The Kier molecular flexibility index (Phi) is 5.27. The van der Waals surface area contributed by atoms with E-state index in [0.29, 0.717) is 0 Å². The number of rotatable bonds is 3. The number of hydrogen-bond acceptors (Lipinski definition) is 6. The van der Waals surface area contributed by atoms with E-state index in [9.17, 15) is 18.0 Å². The van der Waals surface area contributed by atoms with E-state index in [0.717, 1.165) is 7.11 Å². The minimum atomic E-state index is -3.76. The maximum atomic E-state index is 12.4. The lowest BCUT2D eigenvalue weighted by atomic mass is 10.0. The summed E-state index contributed by atoms with van der Waals surface area (Å²) in [6, 6.07) is 0. The Morgan fingerprint density at radius 2 is 1.95 bits per heavy atom. The first kappa shape index (κ1) is 18.5. The van der Waals surface area contributed by atoms with Gasteiger partial charge in [0.05, 0.1) is 19.4 Å². The van der Waals surface area contributed by atoms with E-state index in [1.165, 1.54) is 11.0 Å². The maximum Gasteiger partial charge on any atom is 0.410 e. The molecule has 7 nitrogen and oxygen atoms in total. The van der Waals surface area contributed by atoms with Crippen molar-refractivity contribution in [3.63, 3.8) is 0 Å². The van der Waals surface area contributed by atoms with Crippen molar-refractivity contribution >= 4 is 21.9 Å². The van der Waals surface area contributed by atoms with Crippen LogP contribution >= 0.6 is 0 Å². The van der Waals surface area contributed by atoms with Crippen LogP contribution in [0.25, 0.3) is 0 Å². The fourth-order valence-corrected chi connectivity index (χ4v) is 4.19. The average molecular weight is 333 g/mol. The molecule has 1 saturated heterocycles. The fraction of sp³-hybridized carbons (Fsp3) is 0.714. The smallest absolute Gasteiger partial charge is 0.410 e. The van der Waals surface area contributed by atoms with E-state index in [1.54, 1.807) is 20.8 Å². The number of methoxy groups -OCH3 is 1. The summed E-state index contributed by atoms with van der Waals surface area (Å²) in [5.41, 5.74) is -0.709. The molecule has 1 aliphatic heterocycles. The Balaban J connectivity index is 3.15. The fourth-order valence-electron chi connectivity index (χ4n) is 2.28. The zero-order chi connectivity index (χ0) is 17.2. The predicted molar refractivity (Wildman–Crippen MR) is 81.2 cm³/mol. The molecule has 0 radical (unpaired) electrons. The van der Waals surface area contributed by atoms with Crippen LogP contribution in [0, 0.1) is 0 Å². The van der Waals surface area contributed by atoms with Crippen LogP contribution in [0.1, 0.15) is 27.2 Å². The summed E-state index contributed by atoms with van der Waals surface area (Å²) in [5, 5.41) is 0. The molecule has 1 fully saturated rings. The van der Waals surface area contributed by atoms with E-state index in [-0.39, 0.29) is 25.3 Å². The second-order valence-corrected chi connectivity index (χ2v) is 8.62. The lowest BCUT2D eigenvalue weighted by Gasteiger charge is -2.39. The molecule has 22 heavy (non-hydrogen) atoms. The van der Waals surface area contributed by atoms with Gasteiger partial charge in [-0.05, 0) is 27.2 Å². The Labute approximate surface area is 131 Å². The van der Waals surface area contributed by atoms with Gasteiger partial charge in [0.15, 0.2) is 14.6 Å². The third-order valence-electron chi connectivity index (χ3n) is 3.35. The van der Waals surface area contributed by atoms with Gasteiger partial charge in [0, 0.05) is 6.54 Å². The highest BCUT2D eigenvalue weighted by molar-refractivity contribution is 7.93. The number of nitrogens with zero attached hydrogens (tertiary/aromatic N) is 1. The minimum Gasteiger partial charge on any atom is -0.468 e. The molecule has 1 heterocycles. The lowest BCUT2D eigenvalue weighted by molar-refractivity contribution is -0.144. The Hall–Kier alpha value is -1.57. The number of amides is 1. The van der Waals surface area contributed by atoms with Crippen molar-refractivity contribution in [2.24, 2.45) is 0 Å². The summed E-state index contributed by atoms with van der Waals surface area (Å²) >= 11 is 0. The summed E-state index contributed by atoms with van der Waals surface area (Å²) in [4.78, 5) is 25.5. The molecule has 0 saturated carbocycles. The Bertz CT molecular complexity index is 562. The van der Waals surface area contributed by atoms with Crippen LogP contribution in [0.15, 0.2) is 12.7 Å². The topological polar surface area (TPSA) is 90.0 Å². The SMILES string of the molecule is C=CCC1(C(=O)OC)CN(C(=O)OC(C)(C)C)CCS1(=O)=O. The van der Waals surface area contributed by atoms with Crippen LogP contribution in [-0.4, -0.2) is 61.7 Å². The van der Waals surface area contributed by atoms with Crippen LogP contribution in [0.3, 0.4) is 0 Å². The summed E-state index contributed by atoms with van der Waals surface area (Å²) in [7, 11) is -2.64. The van der Waals surface area contributed by atoms with Gasteiger partial charge in [0.2, 0.25) is 0 Å². The summed E-state index contributed by atoms with van der Waals surface area (Å²) in [5.74, 6) is -1.21. The van der Waals surface area contributed by atoms with Gasteiger partial charge in [0.1, 0.15) is 5.60 Å². The van der Waals surface area contributed by atoms with Crippen molar-refractivity contribution in [1.29, 1.82) is 0 Å². The van der Waals surface area contributed by atoms with Gasteiger partial charge in [-0.1, -0.05) is 6.08 Å². The number of sulfone groups is 1. The monoisotopic (exact) mass is 333 g/mol. The van der Waals surface area contributed by atoms with Crippen molar-refractivity contribution < 1.29 is 27.5 Å². The zero-order valence-electron chi connectivity index (χ0n) is 13.4. The number of ether oxygens (including phenoxy) is 2. The van der Waals surface area contributed by atoms with Crippen LogP contribution < -0.4 is 0 Å². The quantitative estimate of drug-likeness (QED) is 0.568. The highest BCUT2D eigenvalue weighted by Gasteiger charge is 2.55. The van der Waals surface area contributed by atoms with Gasteiger partial charge >= 0.3 is 12.1 Å². The minimum absolute atomic E-state index is 0.0207. The molecular weight excluding hydrogens is 310 g/mol. The lowest BCUT2D eigenvalue weighted by Crippen LogP contribution is -2.62. The Morgan fingerprint density at radius 1 is 1.36 bits per heavy atom. The zero-order valence-corrected chi connectivity index (χ0v) is 14.2. The van der Waals surface area contributed by atoms with Gasteiger partial charge < -0.3 is 14.4 Å². The molecule has 1 aliphatic rings. The molecule has 0 aliphatic carbocycles. The second-order valence-electron chi connectivity index (χ2n) is 6.20. The van der Waals surface area contributed by atoms with Gasteiger partial charge in [-0.3, -0.25) is 4.79 Å². The first-order valence-electron chi connectivity index (χ1n) is 6.88. The molecule has 8 heteroatoms. The summed E-state index contributed by atoms with van der Waals surface area (Å²) in [6.07, 6.45) is 0.564. The van der Waals surface area contributed by atoms with Crippen molar-refractivity contribution in [2.45, 2.75) is 37.5 Å². The van der Waals surface area contributed by atoms with Crippen molar-refractivity contribution in [2.75, 3.05) is 26.0 Å². The van der Waals surface area contributed by atoms with E-state index >= 15 is 0 Å². The molecule has 1 amide bonds. The van der Waals surface area contributed by atoms with Crippen LogP contribution in [-0.2, 0) is 24.1 Å². The highest BCUT2D eigenvalue weighted by atomic mass is 32.2. The molecular formula is C14H23NO6S. The summed E-state index contributed by atoms with van der Waals surface area (Å²) < 4.78 is 32.9. The van der Waals surface area contributed by atoms with Crippen molar-refractivity contribution in [3.05, 3.63) is 12.7 Å². The standard InChI is InChI=1S/C14H23NO6S/c1-6-7-14(11(16)20-5)10-15(8-9-22(14,18)19)12(17)21-13(2,3)4/h6H,1,7-10H2,2-5H3. The number of hydrogen-bond donors (Lipinski definition) is 0. The highest BCUT2D eigenvalue weighted by Crippen LogP contribution is 2.31. The van der Waals surface area contributed by atoms with Gasteiger partial charge in [0.25, 0.3) is 0 Å². The molecule has 1 atom stereocenters. The number of allylic oxidation sites excluding steroid dienone is 1. The van der Waals surface area contributed by atoms with Crippen molar-refractivity contribution in [1.82, 2.24) is 4.90 Å². The molecule has 1 rings (SSSR count). The molecule has 0 aromatic carbocycles. The van der Waals surface area contributed by atoms with E-state index < -0.39 is 32.2 Å². The summed E-state index contributed by atoms with van der Waals surface area (Å²) in [6.45, 7) is 8.31. The van der Waals surface area contributed by atoms with Crippen molar-refractivity contribution in [3.8, 4) is 0 Å². The van der Waals surface area contributed by atoms with Crippen LogP contribution in [0.4, 0.5) is 4.79 Å². The molecule has 126 valence electrons. The molecule has 0 aromatic rings. The normalized spacial score (nSPS) is 24.5. The average Bonchev–Trinajstić information content (AvgIpc) is 2.38. The number of esters is 1. The van der Waals surface area contributed by atoms with Crippen LogP contribution in [0.2, 0.25) is 0 Å². The molecule has 0 spiro atoms. The van der Waals surface area contributed by atoms with E-state index in [4.69, 9.17) is 4.74 Å². The predicted octanol–water partition coefficient (Wildman–Crippen LogP) is 1.14. The first-order valence-corrected chi connectivity index (χ1v) is 8.54. The number of carbonyl (C=O) groups is 2. The van der Waals surface area contributed by atoms with Crippen LogP contribution in [0.5, 0.6) is 0 Å². The molecule has 0 aromatic heterocycles. The molecule has 1 unspecified atom stereocenters. The largest absolute Gasteiger partial charge is 0.468 e. The molecule has 0 N–H and O–H groups in total. The number of carbonyl (C=O) groups excluding carboxylic acids is 2. The second kappa shape index (κ2) is 6.28. The van der Waals surface area contributed by atoms with Gasteiger partial charge in [-0.15, -0.1) is 6.58 Å². The first-order chi connectivity index (χ1) is 9.99. The van der Waals surface area contributed by atoms with E-state index in [1.807, 2.05) is 0 Å². The van der Waals surface area contributed by atoms with Gasteiger partial charge in [-0.2, -0.15) is 0 Å². The maximum absolute atomic E-state index is 12.4. The Morgan fingerprint density at radius 3 is 2.41 bits per heavy atom. The third kappa shape index (κ3) is 3.60. The van der Waals surface area contributed by atoms with E-state index in [2.05, 4.69) is 11.3 Å².